The van der Waals surface area contributed by atoms with E-state index in [-0.39, 0.29) is 17.3 Å². The van der Waals surface area contributed by atoms with Crippen LogP contribution in [-0.2, 0) is 20.4 Å². The lowest BCUT2D eigenvalue weighted by Crippen LogP contribution is -2.41. The number of benzene rings is 1. The molecule has 1 aromatic carbocycles. The van der Waals surface area contributed by atoms with E-state index in [0.29, 0.717) is 30.6 Å². The third-order valence-electron chi connectivity index (χ3n) is 5.46. The Morgan fingerprint density at radius 3 is 2.37 bits per heavy atom. The number of anilines is 1. The SMILES string of the molecule is COC(=O)N(CC=O)c1cc(C)c(C)c(O)c1CCO[Si](C)(C)C(C)(C)C. The van der Waals surface area contributed by atoms with Gasteiger partial charge in [-0.3, -0.25) is 4.90 Å². The Hall–Kier alpha value is -1.86. The number of phenolic OH excluding ortho intramolecular Hbond substituents is 1. The molecule has 0 aliphatic carbocycles. The summed E-state index contributed by atoms with van der Waals surface area (Å²) in [5.74, 6) is 0.128. The first-order chi connectivity index (χ1) is 12.4. The van der Waals surface area contributed by atoms with Crippen molar-refractivity contribution < 1.29 is 23.9 Å². The van der Waals surface area contributed by atoms with Crippen molar-refractivity contribution in [2.24, 2.45) is 0 Å². The van der Waals surface area contributed by atoms with E-state index in [9.17, 15) is 14.7 Å². The number of aromatic hydroxyl groups is 1. The van der Waals surface area contributed by atoms with E-state index in [4.69, 9.17) is 9.16 Å². The summed E-state index contributed by atoms with van der Waals surface area (Å²) in [6.07, 6.45) is 0.427. The first-order valence-corrected chi connectivity index (χ1v) is 12.0. The van der Waals surface area contributed by atoms with Gasteiger partial charge in [0.2, 0.25) is 0 Å². The van der Waals surface area contributed by atoms with Crippen LogP contribution in [0.3, 0.4) is 0 Å². The van der Waals surface area contributed by atoms with Crippen molar-refractivity contribution in [1.82, 2.24) is 0 Å². The molecule has 0 aliphatic heterocycles. The quantitative estimate of drug-likeness (QED) is 0.549. The molecule has 0 radical (unpaired) electrons. The van der Waals surface area contributed by atoms with Gasteiger partial charge in [0.1, 0.15) is 12.0 Å². The lowest BCUT2D eigenvalue weighted by Gasteiger charge is -2.36. The second kappa shape index (κ2) is 8.88. The Labute approximate surface area is 163 Å². The largest absolute Gasteiger partial charge is 0.507 e. The Bertz CT molecular complexity index is 695. The number of aryl methyl sites for hydroxylation is 1. The van der Waals surface area contributed by atoms with Crippen molar-refractivity contribution in [3.05, 3.63) is 22.8 Å². The maximum Gasteiger partial charge on any atom is 0.414 e. The molecule has 0 aliphatic rings. The van der Waals surface area contributed by atoms with E-state index in [1.807, 2.05) is 13.8 Å². The van der Waals surface area contributed by atoms with Crippen LogP contribution in [0.4, 0.5) is 10.5 Å². The minimum Gasteiger partial charge on any atom is -0.507 e. The van der Waals surface area contributed by atoms with Crippen LogP contribution in [0.25, 0.3) is 0 Å². The highest BCUT2D eigenvalue weighted by molar-refractivity contribution is 6.74. The molecule has 0 spiro atoms. The molecule has 0 saturated heterocycles. The standard InChI is InChI=1S/C20H33NO5Si/c1-14-13-17(21(10-11-22)19(24)25-6)16(18(23)15(14)2)9-12-26-27(7,8)20(3,4)5/h11,13,23H,9-10,12H2,1-8H3. The van der Waals surface area contributed by atoms with Gasteiger partial charge < -0.3 is 19.1 Å². The Balaban J connectivity index is 3.26. The molecule has 27 heavy (non-hydrogen) atoms. The highest BCUT2D eigenvalue weighted by Crippen LogP contribution is 2.38. The molecule has 0 atom stereocenters. The minimum absolute atomic E-state index is 0.0800. The van der Waals surface area contributed by atoms with Crippen LogP contribution < -0.4 is 4.90 Å². The summed E-state index contributed by atoms with van der Waals surface area (Å²) in [4.78, 5) is 24.5. The molecule has 152 valence electrons. The van der Waals surface area contributed by atoms with Crippen LogP contribution in [0, 0.1) is 13.8 Å². The average molecular weight is 396 g/mol. The van der Waals surface area contributed by atoms with E-state index in [2.05, 4.69) is 33.9 Å². The topological polar surface area (TPSA) is 76.1 Å². The fourth-order valence-electron chi connectivity index (χ4n) is 2.50. The predicted octanol–water partition coefficient (Wildman–Crippen LogP) is 4.35. The monoisotopic (exact) mass is 395 g/mol. The van der Waals surface area contributed by atoms with Crippen LogP contribution in [-0.4, -0.2) is 46.1 Å². The van der Waals surface area contributed by atoms with Gasteiger partial charge >= 0.3 is 6.09 Å². The Morgan fingerprint density at radius 2 is 1.89 bits per heavy atom. The van der Waals surface area contributed by atoms with Crippen LogP contribution in [0.1, 0.15) is 37.5 Å². The Kier molecular flexibility index (Phi) is 7.63. The number of ether oxygens (including phenoxy) is 1. The minimum atomic E-state index is -1.93. The normalized spacial score (nSPS) is 12.0. The number of phenols is 1. The van der Waals surface area contributed by atoms with E-state index in [0.717, 1.165) is 11.1 Å². The number of hydrogen-bond acceptors (Lipinski definition) is 5. The van der Waals surface area contributed by atoms with Gasteiger partial charge in [-0.1, -0.05) is 20.8 Å². The fraction of sp³-hybridized carbons (Fsp3) is 0.600. The molecule has 0 heterocycles. The number of methoxy groups -OCH3 is 1. The van der Waals surface area contributed by atoms with Crippen molar-refractivity contribution in [1.29, 1.82) is 0 Å². The molecule has 1 rings (SSSR count). The molecule has 1 N–H and O–H groups in total. The van der Waals surface area contributed by atoms with Crippen LogP contribution >= 0.6 is 0 Å². The molecule has 0 bridgehead atoms. The second-order valence-electron chi connectivity index (χ2n) is 8.27. The van der Waals surface area contributed by atoms with Gasteiger partial charge in [-0.25, -0.2) is 4.79 Å². The van der Waals surface area contributed by atoms with Gasteiger partial charge in [-0.2, -0.15) is 0 Å². The molecule has 0 unspecified atom stereocenters. The van der Waals surface area contributed by atoms with Gasteiger partial charge in [0.15, 0.2) is 8.32 Å². The summed E-state index contributed by atoms with van der Waals surface area (Å²) < 4.78 is 11.0. The zero-order valence-corrected chi connectivity index (χ0v) is 18.8. The molecule has 6 nitrogen and oxygen atoms in total. The first kappa shape index (κ1) is 23.2. The number of carbonyl (C=O) groups excluding carboxylic acids is 2. The van der Waals surface area contributed by atoms with Gasteiger partial charge in [0, 0.05) is 18.6 Å². The summed E-state index contributed by atoms with van der Waals surface area (Å²) in [6.45, 7) is 14.8. The molecule has 0 saturated carbocycles. The summed E-state index contributed by atoms with van der Waals surface area (Å²) >= 11 is 0. The first-order valence-electron chi connectivity index (χ1n) is 9.12. The molecule has 1 amide bonds. The van der Waals surface area contributed by atoms with E-state index >= 15 is 0 Å². The molecule has 1 aromatic rings. The number of rotatable bonds is 7. The van der Waals surface area contributed by atoms with Crippen LogP contribution in [0.5, 0.6) is 5.75 Å². The number of amides is 1. The fourth-order valence-corrected chi connectivity index (χ4v) is 3.55. The summed E-state index contributed by atoms with van der Waals surface area (Å²) in [5.41, 5.74) is 2.64. The summed E-state index contributed by atoms with van der Waals surface area (Å²) in [5, 5.41) is 10.8. The number of hydrogen-bond donors (Lipinski definition) is 1. The smallest absolute Gasteiger partial charge is 0.414 e. The lowest BCUT2D eigenvalue weighted by atomic mass is 9.99. The number of nitrogens with zero attached hydrogens (tertiary/aromatic N) is 1. The highest BCUT2D eigenvalue weighted by atomic mass is 28.4. The maximum atomic E-state index is 12.2. The van der Waals surface area contributed by atoms with Crippen molar-refractivity contribution in [2.45, 2.75) is 59.2 Å². The van der Waals surface area contributed by atoms with Crippen molar-refractivity contribution >= 4 is 26.4 Å². The lowest BCUT2D eigenvalue weighted by molar-refractivity contribution is -0.106. The zero-order chi connectivity index (χ0) is 21.0. The number of carbonyl (C=O) groups is 2. The van der Waals surface area contributed by atoms with Crippen LogP contribution in [0.15, 0.2) is 6.07 Å². The highest BCUT2D eigenvalue weighted by Gasteiger charge is 2.37. The second-order valence-corrected chi connectivity index (χ2v) is 13.1. The van der Waals surface area contributed by atoms with E-state index in [1.54, 1.807) is 6.07 Å². The van der Waals surface area contributed by atoms with Crippen LogP contribution in [0.2, 0.25) is 18.1 Å². The van der Waals surface area contributed by atoms with Gasteiger partial charge in [0.25, 0.3) is 0 Å². The third-order valence-corrected chi connectivity index (χ3v) is 10.00. The van der Waals surface area contributed by atoms with Crippen molar-refractivity contribution in [3.8, 4) is 5.75 Å². The molecule has 0 aromatic heterocycles. The van der Waals surface area contributed by atoms with Gasteiger partial charge in [-0.05, 0) is 49.2 Å². The van der Waals surface area contributed by atoms with Gasteiger partial charge in [-0.15, -0.1) is 0 Å². The summed E-state index contributed by atoms with van der Waals surface area (Å²) in [7, 11) is -0.667. The Morgan fingerprint density at radius 1 is 1.30 bits per heavy atom. The zero-order valence-electron chi connectivity index (χ0n) is 17.8. The third kappa shape index (κ3) is 5.32. The van der Waals surface area contributed by atoms with Crippen molar-refractivity contribution in [2.75, 3.05) is 25.2 Å². The van der Waals surface area contributed by atoms with Gasteiger partial charge in [0.05, 0.1) is 19.3 Å². The molecule has 7 heteroatoms. The van der Waals surface area contributed by atoms with E-state index < -0.39 is 14.4 Å². The van der Waals surface area contributed by atoms with E-state index in [1.165, 1.54) is 12.0 Å². The predicted molar refractivity (Wildman–Crippen MR) is 110 cm³/mol. The molecular weight excluding hydrogens is 362 g/mol. The average Bonchev–Trinajstić information content (AvgIpc) is 2.57. The molecule has 0 fully saturated rings. The van der Waals surface area contributed by atoms with Crippen molar-refractivity contribution in [3.63, 3.8) is 0 Å². The molecular formula is C20H33NO5Si. The number of aldehydes is 1. The summed E-state index contributed by atoms with van der Waals surface area (Å²) in [6, 6.07) is 1.80. The maximum absolute atomic E-state index is 12.2.